The van der Waals surface area contributed by atoms with Crippen LogP contribution in [-0.2, 0) is 6.42 Å². The second-order valence-corrected chi connectivity index (χ2v) is 5.20. The van der Waals surface area contributed by atoms with Crippen LogP contribution >= 0.6 is 27.5 Å². The minimum Gasteiger partial charge on any atom is -0.486 e. The number of hydrogen-bond donors (Lipinski definition) is 0. The summed E-state index contributed by atoms with van der Waals surface area (Å²) in [5.74, 6) is 0.159. The highest BCUT2D eigenvalue weighted by Crippen LogP contribution is 2.44. The molecule has 1 nitrogen and oxygen atoms in total. The molecular formula is C10H9BrClFO. The molecule has 0 saturated heterocycles. The number of ether oxygens (including phenoxy) is 1. The van der Waals surface area contributed by atoms with Crippen molar-refractivity contribution in [2.45, 2.75) is 25.9 Å². The van der Waals surface area contributed by atoms with Crippen LogP contribution in [0.1, 0.15) is 19.4 Å². The number of fused-ring (bicyclic) bond motifs is 1. The minimum absolute atomic E-state index is 0.303. The van der Waals surface area contributed by atoms with E-state index >= 15 is 0 Å². The van der Waals surface area contributed by atoms with E-state index in [1.807, 2.05) is 13.8 Å². The lowest BCUT2D eigenvalue weighted by Gasteiger charge is -2.17. The topological polar surface area (TPSA) is 9.23 Å². The van der Waals surface area contributed by atoms with Gasteiger partial charge in [0.1, 0.15) is 17.2 Å². The standard InChI is InChI=1S/C10H9BrClFO/c1-10(2)4-5-6(12)3-7(13)8(11)9(5)14-10/h3H,4H2,1-2H3. The molecule has 0 bridgehead atoms. The zero-order valence-electron chi connectivity index (χ0n) is 7.83. The first-order valence-corrected chi connectivity index (χ1v) is 5.43. The Morgan fingerprint density at radius 2 is 2.21 bits per heavy atom. The van der Waals surface area contributed by atoms with E-state index in [9.17, 15) is 4.39 Å². The van der Waals surface area contributed by atoms with Crippen molar-refractivity contribution in [3.63, 3.8) is 0 Å². The summed E-state index contributed by atoms with van der Waals surface area (Å²) in [4.78, 5) is 0. The van der Waals surface area contributed by atoms with Gasteiger partial charge in [-0.25, -0.2) is 4.39 Å². The highest BCUT2D eigenvalue weighted by Gasteiger charge is 2.34. The van der Waals surface area contributed by atoms with Gasteiger partial charge in [-0.3, -0.25) is 0 Å². The van der Waals surface area contributed by atoms with E-state index in [1.165, 1.54) is 6.07 Å². The third-order valence-corrected chi connectivity index (χ3v) is 3.28. The van der Waals surface area contributed by atoms with E-state index in [4.69, 9.17) is 16.3 Å². The van der Waals surface area contributed by atoms with Gasteiger partial charge in [0.25, 0.3) is 0 Å². The monoisotopic (exact) mass is 278 g/mol. The van der Waals surface area contributed by atoms with Gasteiger partial charge in [0, 0.05) is 12.0 Å². The summed E-state index contributed by atoms with van der Waals surface area (Å²) in [6, 6.07) is 1.31. The van der Waals surface area contributed by atoms with Gasteiger partial charge in [-0.2, -0.15) is 0 Å². The quantitative estimate of drug-likeness (QED) is 0.653. The molecule has 14 heavy (non-hydrogen) atoms. The Balaban J connectivity index is 2.61. The Morgan fingerprint density at radius 3 is 2.86 bits per heavy atom. The minimum atomic E-state index is -0.383. The van der Waals surface area contributed by atoms with Crippen molar-refractivity contribution in [1.82, 2.24) is 0 Å². The van der Waals surface area contributed by atoms with Crippen molar-refractivity contribution >= 4 is 27.5 Å². The second kappa shape index (κ2) is 3.11. The van der Waals surface area contributed by atoms with Crippen molar-refractivity contribution in [2.75, 3.05) is 0 Å². The highest BCUT2D eigenvalue weighted by molar-refractivity contribution is 9.10. The maximum Gasteiger partial charge on any atom is 0.142 e. The van der Waals surface area contributed by atoms with Gasteiger partial charge in [0.2, 0.25) is 0 Å². The maximum atomic E-state index is 13.3. The summed E-state index contributed by atoms with van der Waals surface area (Å²) in [6.45, 7) is 3.90. The third kappa shape index (κ3) is 1.52. The van der Waals surface area contributed by atoms with Gasteiger partial charge in [-0.05, 0) is 35.8 Å². The van der Waals surface area contributed by atoms with Crippen LogP contribution in [0, 0.1) is 5.82 Å². The average molecular weight is 280 g/mol. The molecule has 0 aliphatic carbocycles. The fraction of sp³-hybridized carbons (Fsp3) is 0.400. The molecule has 1 aromatic rings. The molecule has 0 spiro atoms. The summed E-state index contributed by atoms with van der Waals surface area (Å²) >= 11 is 9.09. The summed E-state index contributed by atoms with van der Waals surface area (Å²) in [5, 5.41) is 0.436. The molecule has 76 valence electrons. The summed E-state index contributed by atoms with van der Waals surface area (Å²) in [6.07, 6.45) is 0.708. The Morgan fingerprint density at radius 1 is 1.57 bits per heavy atom. The van der Waals surface area contributed by atoms with Crippen LogP contribution in [0.5, 0.6) is 5.75 Å². The van der Waals surface area contributed by atoms with Crippen LogP contribution in [-0.4, -0.2) is 5.60 Å². The lowest BCUT2D eigenvalue weighted by atomic mass is 10.0. The molecular weight excluding hydrogens is 270 g/mol. The zero-order valence-corrected chi connectivity index (χ0v) is 10.2. The number of rotatable bonds is 0. The average Bonchev–Trinajstić information content (AvgIpc) is 2.38. The molecule has 0 N–H and O–H groups in total. The Labute approximate surface area is 95.3 Å². The van der Waals surface area contributed by atoms with E-state index < -0.39 is 0 Å². The van der Waals surface area contributed by atoms with E-state index in [0.29, 0.717) is 21.7 Å². The first-order valence-electron chi connectivity index (χ1n) is 4.26. The largest absolute Gasteiger partial charge is 0.486 e. The van der Waals surface area contributed by atoms with Crippen LogP contribution in [0.2, 0.25) is 5.02 Å². The molecule has 1 aliphatic heterocycles. The van der Waals surface area contributed by atoms with E-state index in [0.717, 1.165) is 5.56 Å². The third-order valence-electron chi connectivity index (χ3n) is 2.21. The Hall–Kier alpha value is -0.280. The smallest absolute Gasteiger partial charge is 0.142 e. The number of benzene rings is 1. The lowest BCUT2D eigenvalue weighted by molar-refractivity contribution is 0.137. The SMILES string of the molecule is CC1(C)Cc2c(Cl)cc(F)c(Br)c2O1. The molecule has 1 aromatic carbocycles. The van der Waals surface area contributed by atoms with Gasteiger partial charge >= 0.3 is 0 Å². The highest BCUT2D eigenvalue weighted by atomic mass is 79.9. The molecule has 0 unspecified atom stereocenters. The van der Waals surface area contributed by atoms with E-state index in [-0.39, 0.29) is 11.4 Å². The van der Waals surface area contributed by atoms with Crippen LogP contribution in [0.15, 0.2) is 10.5 Å². The van der Waals surface area contributed by atoms with Crippen LogP contribution < -0.4 is 4.74 Å². The molecule has 0 aromatic heterocycles. The Bertz CT molecular complexity index is 404. The van der Waals surface area contributed by atoms with Gasteiger partial charge in [0.05, 0.1) is 9.50 Å². The van der Waals surface area contributed by atoms with Crippen LogP contribution in [0.4, 0.5) is 4.39 Å². The van der Waals surface area contributed by atoms with E-state index in [1.54, 1.807) is 0 Å². The molecule has 2 rings (SSSR count). The molecule has 0 amide bonds. The molecule has 0 saturated carbocycles. The molecule has 0 atom stereocenters. The van der Waals surface area contributed by atoms with Gasteiger partial charge in [-0.15, -0.1) is 0 Å². The van der Waals surface area contributed by atoms with Gasteiger partial charge in [-0.1, -0.05) is 11.6 Å². The van der Waals surface area contributed by atoms with Crippen molar-refractivity contribution in [2.24, 2.45) is 0 Å². The van der Waals surface area contributed by atoms with E-state index in [2.05, 4.69) is 15.9 Å². The van der Waals surface area contributed by atoms with Crippen molar-refractivity contribution in [1.29, 1.82) is 0 Å². The maximum absolute atomic E-state index is 13.3. The predicted octanol–water partition coefficient (Wildman–Crippen LogP) is 3.96. The molecule has 0 radical (unpaired) electrons. The predicted molar refractivity (Wildman–Crippen MR) is 57.5 cm³/mol. The fourth-order valence-electron chi connectivity index (χ4n) is 1.62. The molecule has 1 heterocycles. The Kier molecular flexibility index (Phi) is 2.27. The molecule has 4 heteroatoms. The first kappa shape index (κ1) is 10.2. The number of halogens is 3. The van der Waals surface area contributed by atoms with Crippen LogP contribution in [0.25, 0.3) is 0 Å². The summed E-state index contributed by atoms with van der Waals surface area (Å²) < 4.78 is 19.3. The van der Waals surface area contributed by atoms with Crippen molar-refractivity contribution in [3.8, 4) is 5.75 Å². The van der Waals surface area contributed by atoms with Crippen molar-refractivity contribution < 1.29 is 9.13 Å². The zero-order chi connectivity index (χ0) is 10.5. The molecule has 0 fully saturated rings. The summed E-state index contributed by atoms with van der Waals surface area (Å²) in [5.41, 5.74) is 0.576. The number of hydrogen-bond acceptors (Lipinski definition) is 1. The second-order valence-electron chi connectivity index (χ2n) is 4.00. The first-order chi connectivity index (χ1) is 6.41. The molecule has 1 aliphatic rings. The van der Waals surface area contributed by atoms with Gasteiger partial charge < -0.3 is 4.74 Å². The fourth-order valence-corrected chi connectivity index (χ4v) is 2.30. The van der Waals surface area contributed by atoms with Crippen molar-refractivity contribution in [3.05, 3.63) is 26.9 Å². The lowest BCUT2D eigenvalue weighted by Crippen LogP contribution is -2.24. The summed E-state index contributed by atoms with van der Waals surface area (Å²) in [7, 11) is 0. The van der Waals surface area contributed by atoms with Crippen LogP contribution in [0.3, 0.4) is 0 Å². The van der Waals surface area contributed by atoms with Gasteiger partial charge in [0.15, 0.2) is 0 Å². The normalized spacial score (nSPS) is 17.8.